The van der Waals surface area contributed by atoms with E-state index in [9.17, 15) is 13.5 Å². The van der Waals surface area contributed by atoms with E-state index in [1.165, 1.54) is 10.6 Å². The predicted octanol–water partition coefficient (Wildman–Crippen LogP) is 1.45. The van der Waals surface area contributed by atoms with E-state index in [1.54, 1.807) is 0 Å². The van der Waals surface area contributed by atoms with Gasteiger partial charge in [-0.3, -0.25) is 4.90 Å². The molecule has 7 heteroatoms. The summed E-state index contributed by atoms with van der Waals surface area (Å²) >= 11 is 0. The summed E-state index contributed by atoms with van der Waals surface area (Å²) in [6.07, 6.45) is 4.48. The molecule has 0 bridgehead atoms. The second-order valence-corrected chi connectivity index (χ2v) is 9.26. The van der Waals surface area contributed by atoms with Crippen LogP contribution in [-0.4, -0.2) is 60.8 Å². The quantitative estimate of drug-likeness (QED) is 0.864. The summed E-state index contributed by atoms with van der Waals surface area (Å²) in [5.41, 5.74) is -0.728. The number of hydrogen-bond acceptors (Lipinski definition) is 5. The molecule has 6 nitrogen and oxygen atoms in total. The lowest BCUT2D eigenvalue weighted by Gasteiger charge is -2.49. The third-order valence-electron chi connectivity index (χ3n) is 5.38. The Kier molecular flexibility index (Phi) is 5.06. The maximum Gasteiger partial charge on any atom is 0.211 e. The van der Waals surface area contributed by atoms with E-state index in [0.717, 1.165) is 37.5 Å². The Labute approximate surface area is 144 Å². The van der Waals surface area contributed by atoms with Crippen molar-refractivity contribution in [2.45, 2.75) is 44.8 Å². The Hall–Kier alpha value is -0.890. The minimum atomic E-state index is -3.20. The zero-order valence-corrected chi connectivity index (χ0v) is 15.4. The van der Waals surface area contributed by atoms with Crippen LogP contribution in [0.25, 0.3) is 0 Å². The zero-order chi connectivity index (χ0) is 17.4. The van der Waals surface area contributed by atoms with Crippen LogP contribution >= 0.6 is 0 Å². The van der Waals surface area contributed by atoms with Crippen LogP contribution in [0, 0.1) is 5.92 Å². The van der Waals surface area contributed by atoms with Crippen LogP contribution in [0.3, 0.4) is 0 Å². The number of sulfonamides is 1. The Morgan fingerprint density at radius 3 is 2.67 bits per heavy atom. The van der Waals surface area contributed by atoms with Gasteiger partial charge in [0.05, 0.1) is 18.4 Å². The van der Waals surface area contributed by atoms with Crippen LogP contribution in [0.5, 0.6) is 0 Å². The molecule has 0 aliphatic carbocycles. The first-order chi connectivity index (χ1) is 11.3. The highest BCUT2D eigenvalue weighted by Crippen LogP contribution is 2.36. The van der Waals surface area contributed by atoms with Gasteiger partial charge in [0.15, 0.2) is 0 Å². The first-order valence-electron chi connectivity index (χ1n) is 8.77. The summed E-state index contributed by atoms with van der Waals surface area (Å²) in [4.78, 5) is 2.26. The molecule has 2 unspecified atom stereocenters. The van der Waals surface area contributed by atoms with E-state index in [4.69, 9.17) is 4.42 Å². The van der Waals surface area contributed by atoms with E-state index in [1.807, 2.05) is 12.1 Å². The van der Waals surface area contributed by atoms with Gasteiger partial charge in [-0.05, 0) is 31.4 Å². The van der Waals surface area contributed by atoms with Gasteiger partial charge in [-0.2, -0.15) is 0 Å². The fourth-order valence-corrected chi connectivity index (χ4v) is 4.77. The lowest BCUT2D eigenvalue weighted by atomic mass is 9.76. The number of fused-ring (bicyclic) bond motifs is 1. The lowest BCUT2D eigenvalue weighted by molar-refractivity contribution is -0.103. The number of rotatable bonds is 5. The Morgan fingerprint density at radius 2 is 1.96 bits per heavy atom. The average Bonchev–Trinajstić information content (AvgIpc) is 2.94. The zero-order valence-electron chi connectivity index (χ0n) is 14.6. The molecule has 0 aromatic carbocycles. The third kappa shape index (κ3) is 3.85. The van der Waals surface area contributed by atoms with Crippen LogP contribution < -0.4 is 0 Å². The fraction of sp³-hybridized carbons (Fsp3) is 0.765. The van der Waals surface area contributed by atoms with Gasteiger partial charge in [0.25, 0.3) is 0 Å². The van der Waals surface area contributed by atoms with Crippen molar-refractivity contribution in [2.24, 2.45) is 5.92 Å². The molecule has 0 radical (unpaired) electrons. The van der Waals surface area contributed by atoms with Gasteiger partial charge in [0.1, 0.15) is 11.5 Å². The Bertz CT molecular complexity index is 672. The second kappa shape index (κ2) is 6.78. The van der Waals surface area contributed by atoms with Gasteiger partial charge >= 0.3 is 0 Å². The Balaban J connectivity index is 1.64. The molecule has 0 amide bonds. The molecule has 2 saturated heterocycles. The first kappa shape index (κ1) is 17.9. The molecule has 3 heterocycles. The highest BCUT2D eigenvalue weighted by molar-refractivity contribution is 7.88. The van der Waals surface area contributed by atoms with Gasteiger partial charge in [0, 0.05) is 38.5 Å². The normalized spacial score (nSPS) is 29.5. The minimum absolute atomic E-state index is 0.0419. The second-order valence-electron chi connectivity index (χ2n) is 7.27. The fourth-order valence-electron chi connectivity index (χ4n) is 3.89. The van der Waals surface area contributed by atoms with E-state index < -0.39 is 15.6 Å². The van der Waals surface area contributed by atoms with Crippen LogP contribution in [0.15, 0.2) is 16.5 Å². The summed E-state index contributed by atoms with van der Waals surface area (Å²) in [7, 11) is -3.20. The standard InChI is InChI=1S/C17H28N2O4S/c1-3-4-15-5-6-16(23-15)13-18-9-7-17(20)8-10-19(24(2,21)22)12-14(17)11-18/h5-6,14,20H,3-4,7-13H2,1-2H3. The predicted molar refractivity (Wildman–Crippen MR) is 92.1 cm³/mol. The lowest BCUT2D eigenvalue weighted by Crippen LogP contribution is -2.60. The summed E-state index contributed by atoms with van der Waals surface area (Å²) in [6, 6.07) is 4.06. The van der Waals surface area contributed by atoms with Crippen LogP contribution in [-0.2, 0) is 23.0 Å². The Morgan fingerprint density at radius 1 is 1.25 bits per heavy atom. The highest BCUT2D eigenvalue weighted by Gasteiger charge is 2.46. The van der Waals surface area contributed by atoms with Crippen molar-refractivity contribution in [2.75, 3.05) is 32.4 Å². The van der Waals surface area contributed by atoms with Gasteiger partial charge in [-0.1, -0.05) is 6.92 Å². The molecule has 136 valence electrons. The smallest absolute Gasteiger partial charge is 0.211 e. The SMILES string of the molecule is CCCc1ccc(CN2CCC3(O)CCN(S(C)(=O)=O)CC3C2)o1. The molecular formula is C17H28N2O4S. The van der Waals surface area contributed by atoms with Gasteiger partial charge < -0.3 is 9.52 Å². The molecule has 1 aromatic heterocycles. The van der Waals surface area contributed by atoms with Crippen LogP contribution in [0.1, 0.15) is 37.7 Å². The van der Waals surface area contributed by atoms with Gasteiger partial charge in [-0.25, -0.2) is 12.7 Å². The summed E-state index contributed by atoms with van der Waals surface area (Å²) in [5, 5.41) is 10.9. The maximum absolute atomic E-state index is 11.8. The van der Waals surface area contributed by atoms with Crippen molar-refractivity contribution in [3.8, 4) is 0 Å². The van der Waals surface area contributed by atoms with E-state index in [-0.39, 0.29) is 5.92 Å². The van der Waals surface area contributed by atoms with Gasteiger partial charge in [-0.15, -0.1) is 0 Å². The largest absolute Gasteiger partial charge is 0.465 e. The molecule has 1 N–H and O–H groups in total. The highest BCUT2D eigenvalue weighted by atomic mass is 32.2. The van der Waals surface area contributed by atoms with Crippen LogP contribution in [0.2, 0.25) is 0 Å². The monoisotopic (exact) mass is 356 g/mol. The number of piperidine rings is 2. The molecule has 24 heavy (non-hydrogen) atoms. The van der Waals surface area contributed by atoms with Crippen molar-refractivity contribution in [3.05, 3.63) is 23.7 Å². The maximum atomic E-state index is 11.8. The van der Waals surface area contributed by atoms with Crippen molar-refractivity contribution < 1.29 is 17.9 Å². The molecule has 2 atom stereocenters. The number of aliphatic hydroxyl groups is 1. The molecule has 2 aliphatic rings. The molecule has 1 aromatic rings. The molecule has 3 rings (SSSR count). The van der Waals surface area contributed by atoms with Crippen LogP contribution in [0.4, 0.5) is 0 Å². The molecule has 2 fully saturated rings. The van der Waals surface area contributed by atoms with E-state index in [2.05, 4.69) is 11.8 Å². The molecular weight excluding hydrogens is 328 g/mol. The number of furan rings is 1. The number of nitrogens with zero attached hydrogens (tertiary/aromatic N) is 2. The number of likely N-dealkylation sites (tertiary alicyclic amines) is 1. The minimum Gasteiger partial charge on any atom is -0.465 e. The number of hydrogen-bond donors (Lipinski definition) is 1. The topological polar surface area (TPSA) is 74.0 Å². The summed E-state index contributed by atoms with van der Waals surface area (Å²) in [5.74, 6) is 1.92. The van der Waals surface area contributed by atoms with Crippen molar-refractivity contribution in [1.82, 2.24) is 9.21 Å². The molecule has 2 aliphatic heterocycles. The van der Waals surface area contributed by atoms with Crippen molar-refractivity contribution in [3.63, 3.8) is 0 Å². The van der Waals surface area contributed by atoms with Gasteiger partial charge in [0.2, 0.25) is 10.0 Å². The number of aryl methyl sites for hydroxylation is 1. The van der Waals surface area contributed by atoms with E-state index >= 15 is 0 Å². The van der Waals surface area contributed by atoms with Crippen molar-refractivity contribution >= 4 is 10.0 Å². The molecule has 0 saturated carbocycles. The summed E-state index contributed by atoms with van der Waals surface area (Å²) < 4.78 is 31.0. The van der Waals surface area contributed by atoms with E-state index in [0.29, 0.717) is 32.5 Å². The molecule has 0 spiro atoms. The third-order valence-corrected chi connectivity index (χ3v) is 6.65. The first-order valence-corrected chi connectivity index (χ1v) is 10.6. The summed E-state index contributed by atoms with van der Waals surface area (Å²) in [6.45, 7) is 5.19. The van der Waals surface area contributed by atoms with Crippen molar-refractivity contribution in [1.29, 1.82) is 0 Å². The average molecular weight is 356 g/mol.